The van der Waals surface area contributed by atoms with Gasteiger partial charge in [0.15, 0.2) is 0 Å². The summed E-state index contributed by atoms with van der Waals surface area (Å²) in [7, 11) is -1.81. The van der Waals surface area contributed by atoms with E-state index in [4.69, 9.17) is 0 Å². The van der Waals surface area contributed by atoms with Crippen LogP contribution in [-0.4, -0.2) is 50.5 Å². The normalized spacial score (nSPS) is 23.9. The molecule has 0 radical (unpaired) electrons. The molecule has 0 bridgehead atoms. The first-order valence-corrected chi connectivity index (χ1v) is 8.46. The van der Waals surface area contributed by atoms with E-state index in [0.29, 0.717) is 11.7 Å². The highest BCUT2D eigenvalue weighted by Crippen LogP contribution is 2.30. The van der Waals surface area contributed by atoms with Gasteiger partial charge in [-0.2, -0.15) is 0 Å². The number of hydrogen-bond donors (Lipinski definition) is 2. The molecule has 1 aliphatic carbocycles. The number of likely N-dealkylation sites (tertiary alicyclic amines) is 1. The Balaban J connectivity index is 1.72. The van der Waals surface area contributed by atoms with E-state index >= 15 is 0 Å². The molecule has 2 N–H and O–H groups in total. The predicted molar refractivity (Wildman–Crippen MR) is 77.1 cm³/mol. The summed E-state index contributed by atoms with van der Waals surface area (Å²) >= 11 is 0. The Hall–Kier alpha value is -1.18. The fourth-order valence-electron chi connectivity index (χ4n) is 2.74. The van der Waals surface area contributed by atoms with E-state index in [2.05, 4.69) is 19.9 Å². The molecule has 1 aromatic heterocycles. The van der Waals surface area contributed by atoms with Gasteiger partial charge in [-0.25, -0.2) is 13.1 Å². The third-order valence-corrected chi connectivity index (χ3v) is 5.50. The Morgan fingerprint density at radius 3 is 2.85 bits per heavy atom. The van der Waals surface area contributed by atoms with Gasteiger partial charge in [-0.15, -0.1) is 0 Å². The molecule has 1 aliphatic heterocycles. The predicted octanol–water partition coefficient (Wildman–Crippen LogP) is 0.638. The van der Waals surface area contributed by atoms with Crippen LogP contribution >= 0.6 is 0 Å². The van der Waals surface area contributed by atoms with Crippen molar-refractivity contribution in [1.29, 1.82) is 0 Å². The molecule has 2 heterocycles. The quantitative estimate of drug-likeness (QED) is 0.834. The van der Waals surface area contributed by atoms with Crippen LogP contribution in [0.2, 0.25) is 0 Å². The smallest absolute Gasteiger partial charge is 0.244 e. The Morgan fingerprint density at radius 2 is 2.15 bits per heavy atom. The van der Waals surface area contributed by atoms with Gasteiger partial charge in [0.25, 0.3) is 0 Å². The molecule has 20 heavy (non-hydrogen) atoms. The highest BCUT2D eigenvalue weighted by Gasteiger charge is 2.36. The van der Waals surface area contributed by atoms with Crippen LogP contribution < -0.4 is 10.0 Å². The van der Waals surface area contributed by atoms with Crippen molar-refractivity contribution >= 4 is 15.7 Å². The van der Waals surface area contributed by atoms with E-state index in [-0.39, 0.29) is 10.9 Å². The van der Waals surface area contributed by atoms with Crippen LogP contribution in [0.3, 0.4) is 0 Å². The van der Waals surface area contributed by atoms with Crippen molar-refractivity contribution in [3.63, 3.8) is 0 Å². The zero-order valence-corrected chi connectivity index (χ0v) is 12.4. The number of sulfonamides is 1. The number of anilines is 1. The van der Waals surface area contributed by atoms with Crippen molar-refractivity contribution in [2.75, 3.05) is 25.5 Å². The average molecular weight is 296 g/mol. The Bertz CT molecular complexity index is 586. The lowest BCUT2D eigenvalue weighted by Crippen LogP contribution is -2.37. The van der Waals surface area contributed by atoms with Crippen LogP contribution in [0, 0.1) is 0 Å². The molecule has 1 unspecified atom stereocenters. The molecule has 7 heteroatoms. The van der Waals surface area contributed by atoms with Gasteiger partial charge in [-0.1, -0.05) is 0 Å². The lowest BCUT2D eigenvalue weighted by molar-refractivity contribution is 0.322. The molecule has 1 saturated heterocycles. The summed E-state index contributed by atoms with van der Waals surface area (Å²) < 4.78 is 27.7. The molecule has 2 fully saturated rings. The van der Waals surface area contributed by atoms with Crippen molar-refractivity contribution in [2.45, 2.75) is 36.2 Å². The van der Waals surface area contributed by atoms with E-state index < -0.39 is 10.0 Å². The first-order chi connectivity index (χ1) is 9.60. The molecule has 0 amide bonds. The summed E-state index contributed by atoms with van der Waals surface area (Å²) in [5, 5.41) is 2.89. The van der Waals surface area contributed by atoms with E-state index in [1.807, 2.05) is 0 Å². The maximum Gasteiger partial charge on any atom is 0.244 e. The number of nitrogens with one attached hydrogen (secondary N) is 2. The van der Waals surface area contributed by atoms with Gasteiger partial charge < -0.3 is 5.32 Å². The summed E-state index contributed by atoms with van der Waals surface area (Å²) in [4.78, 5) is 6.52. The van der Waals surface area contributed by atoms with E-state index in [0.717, 1.165) is 19.5 Å². The zero-order valence-electron chi connectivity index (χ0n) is 11.5. The average Bonchev–Trinajstić information content (AvgIpc) is 3.20. The van der Waals surface area contributed by atoms with Gasteiger partial charge in [-0.05, 0) is 25.3 Å². The lowest BCUT2D eigenvalue weighted by atomic mass is 10.3. The van der Waals surface area contributed by atoms with Crippen molar-refractivity contribution in [1.82, 2.24) is 14.6 Å². The summed E-state index contributed by atoms with van der Waals surface area (Å²) in [5.41, 5.74) is 0.574. The van der Waals surface area contributed by atoms with Crippen LogP contribution in [0.15, 0.2) is 23.4 Å². The molecule has 1 aromatic rings. The Kier molecular flexibility index (Phi) is 3.66. The second-order valence-electron chi connectivity index (χ2n) is 5.45. The molecule has 0 aromatic carbocycles. The van der Waals surface area contributed by atoms with Crippen molar-refractivity contribution < 1.29 is 8.42 Å². The van der Waals surface area contributed by atoms with Gasteiger partial charge in [-0.3, -0.25) is 9.88 Å². The first-order valence-electron chi connectivity index (χ1n) is 6.98. The third-order valence-electron chi connectivity index (χ3n) is 3.95. The number of pyridine rings is 1. The fourth-order valence-corrected chi connectivity index (χ4v) is 4.16. The molecule has 1 saturated carbocycles. The van der Waals surface area contributed by atoms with E-state index in [9.17, 15) is 8.42 Å². The SMILES string of the molecule is CNc1ccncc1S(=O)(=O)NC1CCN(C2CC2)C1. The number of rotatable bonds is 5. The topological polar surface area (TPSA) is 74.3 Å². The highest BCUT2D eigenvalue weighted by atomic mass is 32.2. The van der Waals surface area contributed by atoms with E-state index in [1.165, 1.54) is 19.0 Å². The second-order valence-corrected chi connectivity index (χ2v) is 7.14. The van der Waals surface area contributed by atoms with Crippen molar-refractivity contribution in [3.05, 3.63) is 18.5 Å². The number of aromatic nitrogens is 1. The third kappa shape index (κ3) is 2.79. The summed E-state index contributed by atoms with van der Waals surface area (Å²) in [6, 6.07) is 2.36. The van der Waals surface area contributed by atoms with E-state index in [1.54, 1.807) is 19.3 Å². The van der Waals surface area contributed by atoms with Crippen LogP contribution in [0.1, 0.15) is 19.3 Å². The molecular weight excluding hydrogens is 276 g/mol. The summed E-state index contributed by atoms with van der Waals surface area (Å²) in [6.07, 6.45) is 6.36. The minimum atomic E-state index is -3.52. The molecular formula is C13H20N4O2S. The van der Waals surface area contributed by atoms with Gasteiger partial charge >= 0.3 is 0 Å². The lowest BCUT2D eigenvalue weighted by Gasteiger charge is -2.16. The van der Waals surface area contributed by atoms with Crippen molar-refractivity contribution in [3.8, 4) is 0 Å². The molecule has 2 aliphatic rings. The standard InChI is InChI=1S/C13H20N4O2S/c1-14-12-4-6-15-8-13(12)20(18,19)16-10-5-7-17(9-10)11-2-3-11/h4,6,8,10-11,16H,2-3,5,7,9H2,1H3,(H,14,15). The minimum Gasteiger partial charge on any atom is -0.387 e. The maximum atomic E-state index is 12.5. The second kappa shape index (κ2) is 5.31. The molecule has 3 rings (SSSR count). The summed E-state index contributed by atoms with van der Waals surface area (Å²) in [5.74, 6) is 0. The van der Waals surface area contributed by atoms with Gasteiger partial charge in [0.2, 0.25) is 10.0 Å². The highest BCUT2D eigenvalue weighted by molar-refractivity contribution is 7.89. The van der Waals surface area contributed by atoms with Gasteiger partial charge in [0.05, 0.1) is 5.69 Å². The number of nitrogens with zero attached hydrogens (tertiary/aromatic N) is 2. The first kappa shape index (κ1) is 13.8. The maximum absolute atomic E-state index is 12.5. The minimum absolute atomic E-state index is 0.00510. The van der Waals surface area contributed by atoms with Crippen LogP contribution in [-0.2, 0) is 10.0 Å². The zero-order chi connectivity index (χ0) is 14.2. The van der Waals surface area contributed by atoms with Gasteiger partial charge in [0, 0.05) is 44.6 Å². The fraction of sp³-hybridized carbons (Fsp3) is 0.615. The molecule has 0 spiro atoms. The Labute approximate surface area is 119 Å². The summed E-state index contributed by atoms with van der Waals surface area (Å²) in [6.45, 7) is 1.81. The van der Waals surface area contributed by atoms with Gasteiger partial charge in [0.1, 0.15) is 4.90 Å². The van der Waals surface area contributed by atoms with Crippen LogP contribution in [0.4, 0.5) is 5.69 Å². The number of hydrogen-bond acceptors (Lipinski definition) is 5. The van der Waals surface area contributed by atoms with Crippen LogP contribution in [0.25, 0.3) is 0 Å². The largest absolute Gasteiger partial charge is 0.387 e. The molecule has 1 atom stereocenters. The Morgan fingerprint density at radius 1 is 1.35 bits per heavy atom. The molecule has 110 valence electrons. The monoisotopic (exact) mass is 296 g/mol. The van der Waals surface area contributed by atoms with Crippen LogP contribution in [0.5, 0.6) is 0 Å². The van der Waals surface area contributed by atoms with Crippen molar-refractivity contribution in [2.24, 2.45) is 0 Å². The molecule has 6 nitrogen and oxygen atoms in total.